The van der Waals surface area contributed by atoms with Gasteiger partial charge in [0.05, 0.1) is 12.8 Å². The van der Waals surface area contributed by atoms with Crippen LogP contribution in [-0.2, 0) is 4.79 Å². The summed E-state index contributed by atoms with van der Waals surface area (Å²) in [7, 11) is 1.60. The number of ether oxygens (including phenoxy) is 1. The van der Waals surface area contributed by atoms with E-state index in [-0.39, 0.29) is 5.91 Å². The summed E-state index contributed by atoms with van der Waals surface area (Å²) in [6.45, 7) is 1.87. The van der Waals surface area contributed by atoms with Crippen molar-refractivity contribution >= 4 is 44.3 Å². The van der Waals surface area contributed by atoms with E-state index in [1.807, 2.05) is 84.5 Å². The predicted molar refractivity (Wildman–Crippen MR) is 118 cm³/mol. The first-order valence-electron chi connectivity index (χ1n) is 9.84. The van der Waals surface area contributed by atoms with Crippen LogP contribution in [0.1, 0.15) is 13.0 Å². The summed E-state index contributed by atoms with van der Waals surface area (Å²) in [5, 5.41) is 7.19. The highest BCUT2D eigenvalue weighted by Crippen LogP contribution is 2.36. The molecule has 2 aromatic heterocycles. The lowest BCUT2D eigenvalue weighted by Crippen LogP contribution is -2.44. The summed E-state index contributed by atoms with van der Waals surface area (Å²) in [5.41, 5.74) is 2.10. The minimum Gasteiger partial charge on any atom is -0.495 e. The fourth-order valence-electron chi connectivity index (χ4n) is 3.78. The van der Waals surface area contributed by atoms with Crippen molar-refractivity contribution in [1.29, 1.82) is 0 Å². The summed E-state index contributed by atoms with van der Waals surface area (Å²) >= 11 is 0. The molecule has 1 amide bonds. The van der Waals surface area contributed by atoms with Crippen molar-refractivity contribution in [3.63, 3.8) is 0 Å². The number of anilines is 1. The molecule has 0 fully saturated rings. The number of para-hydroxylation sites is 1. The van der Waals surface area contributed by atoms with Crippen molar-refractivity contribution in [2.24, 2.45) is 0 Å². The van der Waals surface area contributed by atoms with Crippen molar-refractivity contribution in [2.45, 2.75) is 13.0 Å². The smallest absolute Gasteiger partial charge is 0.293 e. The molecule has 0 spiro atoms. The van der Waals surface area contributed by atoms with Gasteiger partial charge in [-0.15, -0.1) is 0 Å². The molecule has 0 aliphatic heterocycles. The Morgan fingerprint density at radius 2 is 1.73 bits per heavy atom. The Bertz CT molecular complexity index is 1400. The maximum atomic E-state index is 13.0. The Kier molecular flexibility index (Phi) is 4.36. The van der Waals surface area contributed by atoms with Crippen molar-refractivity contribution in [3.05, 3.63) is 79.1 Å². The van der Waals surface area contributed by atoms with Gasteiger partial charge < -0.3 is 14.5 Å². The number of benzene rings is 3. The van der Waals surface area contributed by atoms with Gasteiger partial charge in [0.1, 0.15) is 16.9 Å². The fourth-order valence-corrected chi connectivity index (χ4v) is 3.78. The number of carbonyl (C=O) groups is 1. The third-order valence-electron chi connectivity index (χ3n) is 5.49. The lowest BCUT2D eigenvalue weighted by atomic mass is 10.1. The Morgan fingerprint density at radius 3 is 2.57 bits per heavy atom. The molecule has 5 nitrogen and oxygen atoms in total. The summed E-state index contributed by atoms with van der Waals surface area (Å²) in [6.07, 6.45) is 3.91. The van der Waals surface area contributed by atoms with Gasteiger partial charge in [-0.25, -0.2) is 0 Å². The van der Waals surface area contributed by atoms with E-state index in [0.29, 0.717) is 17.0 Å². The molecule has 0 saturated heterocycles. The van der Waals surface area contributed by atoms with Gasteiger partial charge in [-0.3, -0.25) is 4.79 Å². The van der Waals surface area contributed by atoms with Crippen molar-refractivity contribution in [1.82, 2.24) is 0 Å². The molecule has 30 heavy (non-hydrogen) atoms. The second-order valence-corrected chi connectivity index (χ2v) is 7.33. The van der Waals surface area contributed by atoms with Crippen molar-refractivity contribution in [3.8, 4) is 5.75 Å². The molecule has 1 N–H and O–H groups in total. The van der Waals surface area contributed by atoms with Gasteiger partial charge >= 0.3 is 0 Å². The number of furan rings is 1. The van der Waals surface area contributed by atoms with Crippen molar-refractivity contribution < 1.29 is 18.5 Å². The Labute approximate surface area is 173 Å². The first-order chi connectivity index (χ1) is 14.6. The maximum Gasteiger partial charge on any atom is 0.293 e. The highest BCUT2D eigenvalue weighted by atomic mass is 16.5. The summed E-state index contributed by atoms with van der Waals surface area (Å²) < 4.78 is 13.4. The summed E-state index contributed by atoms with van der Waals surface area (Å²) in [4.78, 5) is 13.0. The SMILES string of the molecule is COc1cc2c(cc1NC(=O)[C@H](C)[n+]1ccc3ccccc3c1)oc1ccccc12. The zero-order valence-corrected chi connectivity index (χ0v) is 16.8. The average Bonchev–Trinajstić information content (AvgIpc) is 3.15. The standard InChI is InChI=1S/C25H20N2O3/c1-16(27-12-11-17-7-3-4-8-18(17)15-27)25(28)26-21-14-23-20(13-24(21)29-2)19-9-5-6-10-22(19)30-23/h3-16H,1-2H3/p+1/t16-/m0/s1. The highest BCUT2D eigenvalue weighted by molar-refractivity contribution is 6.07. The van der Waals surface area contributed by atoms with E-state index in [0.717, 1.165) is 27.1 Å². The highest BCUT2D eigenvalue weighted by Gasteiger charge is 2.24. The molecule has 1 atom stereocenters. The van der Waals surface area contributed by atoms with Crippen molar-refractivity contribution in [2.75, 3.05) is 12.4 Å². The van der Waals surface area contributed by atoms with Crippen LogP contribution >= 0.6 is 0 Å². The quantitative estimate of drug-likeness (QED) is 0.422. The Morgan fingerprint density at radius 1 is 0.967 bits per heavy atom. The zero-order valence-electron chi connectivity index (χ0n) is 16.8. The molecule has 0 aliphatic rings. The zero-order chi connectivity index (χ0) is 20.7. The van der Waals surface area contributed by atoms with Gasteiger partial charge in [-0.1, -0.05) is 36.4 Å². The molecule has 2 heterocycles. The number of rotatable bonds is 4. The Hall–Kier alpha value is -3.86. The summed E-state index contributed by atoms with van der Waals surface area (Å²) in [5.74, 6) is 0.460. The molecular weight excluding hydrogens is 376 g/mol. The van der Waals surface area contributed by atoms with E-state index in [1.165, 1.54) is 0 Å². The number of hydrogen-bond acceptors (Lipinski definition) is 3. The van der Waals surface area contributed by atoms with E-state index in [2.05, 4.69) is 11.4 Å². The van der Waals surface area contributed by atoms with Gasteiger partial charge in [-0.2, -0.15) is 4.57 Å². The second kappa shape index (κ2) is 7.19. The molecule has 0 bridgehead atoms. The van der Waals surface area contributed by atoms with E-state index < -0.39 is 6.04 Å². The molecule has 0 radical (unpaired) electrons. The molecule has 5 aromatic rings. The van der Waals surface area contributed by atoms with Crippen LogP contribution in [0, 0.1) is 0 Å². The first-order valence-corrected chi connectivity index (χ1v) is 9.84. The third kappa shape index (κ3) is 3.05. The largest absolute Gasteiger partial charge is 0.495 e. The number of amides is 1. The minimum atomic E-state index is -0.398. The van der Waals surface area contributed by atoms with E-state index in [1.54, 1.807) is 7.11 Å². The van der Waals surface area contributed by atoms with Gasteiger partial charge in [-0.05, 0) is 23.6 Å². The molecular formula is C25H21N2O3+. The lowest BCUT2D eigenvalue weighted by Gasteiger charge is -2.12. The van der Waals surface area contributed by atoms with Crippen LogP contribution in [-0.4, -0.2) is 13.0 Å². The monoisotopic (exact) mass is 397 g/mol. The number of aromatic nitrogens is 1. The molecule has 5 rings (SSSR count). The summed E-state index contributed by atoms with van der Waals surface area (Å²) in [6, 6.07) is 21.3. The Balaban J connectivity index is 1.48. The van der Waals surface area contributed by atoms with Gasteiger partial charge in [0, 0.05) is 35.2 Å². The molecule has 5 heteroatoms. The fraction of sp³-hybridized carbons (Fsp3) is 0.120. The van der Waals surface area contributed by atoms with Crippen LogP contribution in [0.5, 0.6) is 5.75 Å². The number of nitrogens with zero attached hydrogens (tertiary/aromatic N) is 1. The minimum absolute atomic E-state index is 0.135. The van der Waals surface area contributed by atoms with Crippen LogP contribution in [0.15, 0.2) is 83.5 Å². The number of carbonyl (C=O) groups excluding carboxylic acids is 1. The number of nitrogens with one attached hydrogen (secondary N) is 1. The molecule has 148 valence electrons. The molecule has 0 saturated carbocycles. The number of fused-ring (bicyclic) bond motifs is 4. The molecule has 0 unspecified atom stereocenters. The average molecular weight is 397 g/mol. The third-order valence-corrected chi connectivity index (χ3v) is 5.49. The van der Waals surface area contributed by atoms with Crippen LogP contribution in [0.25, 0.3) is 32.7 Å². The van der Waals surface area contributed by atoms with Gasteiger partial charge in [0.25, 0.3) is 5.91 Å². The molecule has 0 aliphatic carbocycles. The van der Waals surface area contributed by atoms with E-state index in [9.17, 15) is 4.79 Å². The second-order valence-electron chi connectivity index (χ2n) is 7.33. The number of hydrogen-bond donors (Lipinski definition) is 1. The van der Waals surface area contributed by atoms with Gasteiger partial charge in [0.2, 0.25) is 6.04 Å². The van der Waals surface area contributed by atoms with Crippen LogP contribution < -0.4 is 14.6 Å². The maximum absolute atomic E-state index is 13.0. The van der Waals surface area contributed by atoms with Crippen LogP contribution in [0.4, 0.5) is 5.69 Å². The van der Waals surface area contributed by atoms with E-state index in [4.69, 9.17) is 9.15 Å². The lowest BCUT2D eigenvalue weighted by molar-refractivity contribution is -0.704. The van der Waals surface area contributed by atoms with Gasteiger partial charge in [0.15, 0.2) is 12.4 Å². The first kappa shape index (κ1) is 18.2. The predicted octanol–water partition coefficient (Wildman–Crippen LogP) is 5.24. The molecule has 3 aromatic carbocycles. The van der Waals surface area contributed by atoms with Crippen LogP contribution in [0.3, 0.4) is 0 Å². The number of pyridine rings is 1. The topological polar surface area (TPSA) is 55.4 Å². The normalized spacial score (nSPS) is 12.3. The number of methoxy groups -OCH3 is 1. The van der Waals surface area contributed by atoms with E-state index >= 15 is 0 Å². The van der Waals surface area contributed by atoms with Crippen LogP contribution in [0.2, 0.25) is 0 Å².